The molecule has 20 heavy (non-hydrogen) atoms. The highest BCUT2D eigenvalue weighted by Gasteiger charge is 2.35. The third-order valence-electron chi connectivity index (χ3n) is 4.52. The van der Waals surface area contributed by atoms with E-state index in [0.29, 0.717) is 6.04 Å². The summed E-state index contributed by atoms with van der Waals surface area (Å²) < 4.78 is 5.66. The minimum atomic E-state index is -0.434. The normalized spacial score (nSPS) is 28.6. The molecule has 3 atom stereocenters. The highest BCUT2D eigenvalue weighted by molar-refractivity contribution is 5.05. The Hall–Kier alpha value is -0.630. The van der Waals surface area contributed by atoms with Crippen molar-refractivity contribution in [1.82, 2.24) is 10.2 Å². The molecular formula is C16H31N3O. The first-order chi connectivity index (χ1) is 9.38. The average Bonchev–Trinajstić information content (AvgIpc) is 2.45. The van der Waals surface area contributed by atoms with E-state index in [0.717, 1.165) is 38.9 Å². The van der Waals surface area contributed by atoms with Crippen LogP contribution in [0.2, 0.25) is 0 Å². The smallest absolute Gasteiger partial charge is 0.105 e. The molecule has 1 fully saturated rings. The quantitative estimate of drug-likeness (QED) is 0.779. The summed E-state index contributed by atoms with van der Waals surface area (Å²) in [4.78, 5) is 2.47. The molecule has 1 saturated heterocycles. The van der Waals surface area contributed by atoms with E-state index in [1.807, 2.05) is 6.92 Å². The Morgan fingerprint density at radius 3 is 2.80 bits per heavy atom. The maximum atomic E-state index is 9.45. The number of hydrogen-bond donors (Lipinski definition) is 1. The van der Waals surface area contributed by atoms with E-state index in [1.54, 1.807) is 7.11 Å². The van der Waals surface area contributed by atoms with Crippen molar-refractivity contribution < 1.29 is 4.74 Å². The standard InChI is InChI=1S/C16H31N3O/c1-6-9-18-15(3,12-17)11-14(2)19-10-7-8-16(4,13-19)20-5/h14,18H,6-11,13H2,1-5H3. The van der Waals surface area contributed by atoms with E-state index in [9.17, 15) is 5.26 Å². The number of piperidine rings is 1. The lowest BCUT2D eigenvalue weighted by atomic mass is 9.90. The zero-order valence-electron chi connectivity index (χ0n) is 13.8. The van der Waals surface area contributed by atoms with Gasteiger partial charge in [-0.05, 0) is 59.5 Å². The van der Waals surface area contributed by atoms with Crippen molar-refractivity contribution in [2.24, 2.45) is 0 Å². The number of methoxy groups -OCH3 is 1. The predicted molar refractivity (Wildman–Crippen MR) is 82.6 cm³/mol. The molecule has 0 radical (unpaired) electrons. The summed E-state index contributed by atoms with van der Waals surface area (Å²) in [6.45, 7) is 11.5. The van der Waals surface area contributed by atoms with Gasteiger partial charge in [0.15, 0.2) is 0 Å². The molecule has 0 bridgehead atoms. The summed E-state index contributed by atoms with van der Waals surface area (Å²) in [5.74, 6) is 0. The highest BCUT2D eigenvalue weighted by Crippen LogP contribution is 2.27. The van der Waals surface area contributed by atoms with Gasteiger partial charge in [0.05, 0.1) is 11.7 Å². The summed E-state index contributed by atoms with van der Waals surface area (Å²) in [5, 5.41) is 12.8. The van der Waals surface area contributed by atoms with Gasteiger partial charge in [0, 0.05) is 19.7 Å². The molecule has 3 unspecified atom stereocenters. The Morgan fingerprint density at radius 2 is 2.25 bits per heavy atom. The Kier molecular flexibility index (Phi) is 6.44. The van der Waals surface area contributed by atoms with E-state index in [4.69, 9.17) is 4.74 Å². The van der Waals surface area contributed by atoms with Crippen molar-refractivity contribution in [3.8, 4) is 6.07 Å². The molecule has 1 aliphatic rings. The van der Waals surface area contributed by atoms with Gasteiger partial charge in [-0.1, -0.05) is 6.92 Å². The highest BCUT2D eigenvalue weighted by atomic mass is 16.5. The minimum absolute atomic E-state index is 0.0353. The molecular weight excluding hydrogens is 250 g/mol. The molecule has 0 spiro atoms. The van der Waals surface area contributed by atoms with Crippen molar-refractivity contribution in [2.75, 3.05) is 26.7 Å². The Balaban J connectivity index is 2.60. The molecule has 1 rings (SSSR count). The Labute approximate surface area is 124 Å². The zero-order valence-corrected chi connectivity index (χ0v) is 13.8. The maximum Gasteiger partial charge on any atom is 0.105 e. The van der Waals surface area contributed by atoms with Gasteiger partial charge in [0.1, 0.15) is 5.54 Å². The second-order valence-corrected chi connectivity index (χ2v) is 6.65. The van der Waals surface area contributed by atoms with Crippen molar-refractivity contribution >= 4 is 0 Å². The first kappa shape index (κ1) is 17.4. The van der Waals surface area contributed by atoms with Crippen LogP contribution >= 0.6 is 0 Å². The van der Waals surface area contributed by atoms with Crippen LogP contribution < -0.4 is 5.32 Å². The van der Waals surface area contributed by atoms with Crippen LogP contribution in [0.1, 0.15) is 53.4 Å². The van der Waals surface area contributed by atoms with Crippen LogP contribution in [-0.2, 0) is 4.74 Å². The fraction of sp³-hybridized carbons (Fsp3) is 0.938. The summed E-state index contributed by atoms with van der Waals surface area (Å²) >= 11 is 0. The monoisotopic (exact) mass is 281 g/mol. The molecule has 0 amide bonds. The van der Waals surface area contributed by atoms with Crippen molar-refractivity contribution in [2.45, 2.75) is 70.6 Å². The van der Waals surface area contributed by atoms with E-state index < -0.39 is 5.54 Å². The summed E-state index contributed by atoms with van der Waals surface area (Å²) in [5.41, 5.74) is -0.469. The van der Waals surface area contributed by atoms with E-state index in [-0.39, 0.29) is 5.60 Å². The molecule has 0 aromatic carbocycles. The van der Waals surface area contributed by atoms with Crippen LogP contribution in [0.5, 0.6) is 0 Å². The average molecular weight is 281 g/mol. The second-order valence-electron chi connectivity index (χ2n) is 6.65. The van der Waals surface area contributed by atoms with Crippen LogP contribution in [0, 0.1) is 11.3 Å². The number of hydrogen-bond acceptors (Lipinski definition) is 4. The number of nitrogens with zero attached hydrogens (tertiary/aromatic N) is 2. The van der Waals surface area contributed by atoms with Crippen LogP contribution in [0.25, 0.3) is 0 Å². The first-order valence-corrected chi connectivity index (χ1v) is 7.83. The molecule has 116 valence electrons. The van der Waals surface area contributed by atoms with Gasteiger partial charge in [0.2, 0.25) is 0 Å². The van der Waals surface area contributed by atoms with E-state index in [1.165, 1.54) is 6.42 Å². The number of nitriles is 1. The fourth-order valence-corrected chi connectivity index (χ4v) is 3.06. The van der Waals surface area contributed by atoms with Crippen LogP contribution in [0.4, 0.5) is 0 Å². The molecule has 4 nitrogen and oxygen atoms in total. The first-order valence-electron chi connectivity index (χ1n) is 7.83. The van der Waals surface area contributed by atoms with Crippen molar-refractivity contribution in [1.29, 1.82) is 5.26 Å². The van der Waals surface area contributed by atoms with Gasteiger partial charge in [-0.25, -0.2) is 0 Å². The number of likely N-dealkylation sites (tertiary alicyclic amines) is 1. The second kappa shape index (κ2) is 7.40. The van der Waals surface area contributed by atoms with Gasteiger partial charge >= 0.3 is 0 Å². The number of ether oxygens (including phenoxy) is 1. The number of rotatable bonds is 7. The van der Waals surface area contributed by atoms with Crippen molar-refractivity contribution in [3.63, 3.8) is 0 Å². The summed E-state index contributed by atoms with van der Waals surface area (Å²) in [6, 6.07) is 2.84. The summed E-state index contributed by atoms with van der Waals surface area (Å²) in [7, 11) is 1.80. The maximum absolute atomic E-state index is 9.45. The third-order valence-corrected chi connectivity index (χ3v) is 4.52. The zero-order chi connectivity index (χ0) is 15.2. The van der Waals surface area contributed by atoms with Gasteiger partial charge in [-0.2, -0.15) is 5.26 Å². The molecule has 0 saturated carbocycles. The fourth-order valence-electron chi connectivity index (χ4n) is 3.06. The van der Waals surface area contributed by atoms with Crippen LogP contribution in [0.3, 0.4) is 0 Å². The van der Waals surface area contributed by atoms with Gasteiger partial charge in [0.25, 0.3) is 0 Å². The lowest BCUT2D eigenvalue weighted by Gasteiger charge is -2.43. The van der Waals surface area contributed by atoms with Gasteiger partial charge < -0.3 is 4.74 Å². The van der Waals surface area contributed by atoms with E-state index in [2.05, 4.69) is 37.1 Å². The van der Waals surface area contributed by atoms with Crippen LogP contribution in [-0.4, -0.2) is 48.8 Å². The number of nitrogens with one attached hydrogen (secondary N) is 1. The molecule has 0 aromatic heterocycles. The minimum Gasteiger partial charge on any atom is -0.377 e. The molecule has 0 aromatic rings. The molecule has 4 heteroatoms. The predicted octanol–water partition coefficient (Wildman–Crippen LogP) is 2.55. The Bertz CT molecular complexity index is 341. The molecule has 1 aliphatic heterocycles. The lowest BCUT2D eigenvalue weighted by Crippen LogP contribution is -2.53. The Morgan fingerprint density at radius 1 is 1.55 bits per heavy atom. The van der Waals surface area contributed by atoms with Crippen LogP contribution in [0.15, 0.2) is 0 Å². The third kappa shape index (κ3) is 4.73. The van der Waals surface area contributed by atoms with Gasteiger partial charge in [-0.3, -0.25) is 10.2 Å². The molecule has 1 N–H and O–H groups in total. The lowest BCUT2D eigenvalue weighted by molar-refractivity contribution is -0.0615. The SMILES string of the molecule is CCCNC(C)(C#N)CC(C)N1CCCC(C)(OC)C1. The van der Waals surface area contributed by atoms with Crippen molar-refractivity contribution in [3.05, 3.63) is 0 Å². The van der Waals surface area contributed by atoms with E-state index >= 15 is 0 Å². The summed E-state index contributed by atoms with van der Waals surface area (Å²) in [6.07, 6.45) is 4.19. The largest absolute Gasteiger partial charge is 0.377 e. The topological polar surface area (TPSA) is 48.3 Å². The van der Waals surface area contributed by atoms with Gasteiger partial charge in [-0.15, -0.1) is 0 Å². The molecule has 0 aliphatic carbocycles. The molecule has 1 heterocycles.